The van der Waals surface area contributed by atoms with Crippen LogP contribution in [-0.2, 0) is 6.54 Å². The van der Waals surface area contributed by atoms with Crippen molar-refractivity contribution in [2.75, 3.05) is 20.6 Å². The highest BCUT2D eigenvalue weighted by atomic mass is 16.1. The molecule has 3 heteroatoms. The highest BCUT2D eigenvalue weighted by molar-refractivity contribution is 5.14. The topological polar surface area (TPSA) is 25.2 Å². The van der Waals surface area contributed by atoms with E-state index in [-0.39, 0.29) is 5.56 Å². The molecule has 0 amide bonds. The van der Waals surface area contributed by atoms with Gasteiger partial charge in [-0.3, -0.25) is 4.79 Å². The number of rotatable bonds is 4. The molecule has 1 heterocycles. The maximum absolute atomic E-state index is 11.7. The maximum Gasteiger partial charge on any atom is 0.250 e. The van der Waals surface area contributed by atoms with Gasteiger partial charge in [0.15, 0.2) is 0 Å². The Morgan fingerprint density at radius 1 is 1.29 bits per heavy atom. The molecule has 17 heavy (non-hydrogen) atoms. The van der Waals surface area contributed by atoms with Gasteiger partial charge in [0.25, 0.3) is 5.56 Å². The van der Waals surface area contributed by atoms with E-state index < -0.39 is 0 Å². The molecule has 0 saturated heterocycles. The lowest BCUT2D eigenvalue weighted by Gasteiger charge is -2.12. The van der Waals surface area contributed by atoms with E-state index in [4.69, 9.17) is 0 Å². The van der Waals surface area contributed by atoms with Crippen molar-refractivity contribution in [1.82, 2.24) is 9.47 Å². The maximum atomic E-state index is 11.7. The fourth-order valence-corrected chi connectivity index (χ4v) is 1.37. The standard InChI is InChI=1S/C12H20N2O.C2H6/c1-10(2)11-5-6-14(12(15)9-11)8-7-13(3)4;1-2/h5-6,9-10H,7-8H2,1-4H3;1-2H3. The highest BCUT2D eigenvalue weighted by Crippen LogP contribution is 2.10. The van der Waals surface area contributed by atoms with Crippen LogP contribution in [0.4, 0.5) is 0 Å². The SMILES string of the molecule is CC.CC(C)c1ccn(CCN(C)C)c(=O)c1. The summed E-state index contributed by atoms with van der Waals surface area (Å²) in [6.07, 6.45) is 1.89. The zero-order valence-corrected chi connectivity index (χ0v) is 12.0. The molecule has 0 unspecified atom stereocenters. The minimum Gasteiger partial charge on any atom is -0.314 e. The van der Waals surface area contributed by atoms with Crippen molar-refractivity contribution >= 4 is 0 Å². The van der Waals surface area contributed by atoms with Crippen LogP contribution in [0.3, 0.4) is 0 Å². The molecule has 1 rings (SSSR count). The Morgan fingerprint density at radius 3 is 2.29 bits per heavy atom. The van der Waals surface area contributed by atoms with Gasteiger partial charge in [-0.05, 0) is 31.6 Å². The molecule has 3 nitrogen and oxygen atoms in total. The van der Waals surface area contributed by atoms with Crippen LogP contribution in [0.1, 0.15) is 39.2 Å². The predicted octanol–water partition coefficient (Wildman–Crippen LogP) is 2.56. The van der Waals surface area contributed by atoms with Crippen molar-refractivity contribution in [2.24, 2.45) is 0 Å². The zero-order chi connectivity index (χ0) is 13.4. The first-order valence-electron chi connectivity index (χ1n) is 6.36. The van der Waals surface area contributed by atoms with Gasteiger partial charge in [-0.15, -0.1) is 0 Å². The number of pyridine rings is 1. The van der Waals surface area contributed by atoms with Crippen LogP contribution in [0.15, 0.2) is 23.1 Å². The quantitative estimate of drug-likeness (QED) is 0.805. The number of likely N-dealkylation sites (N-methyl/N-ethyl adjacent to an activating group) is 1. The molecule has 0 aliphatic rings. The Balaban J connectivity index is 0.00000121. The largest absolute Gasteiger partial charge is 0.314 e. The Bertz CT molecular complexity index is 367. The van der Waals surface area contributed by atoms with E-state index >= 15 is 0 Å². The van der Waals surface area contributed by atoms with E-state index in [1.54, 1.807) is 10.6 Å². The van der Waals surface area contributed by atoms with Gasteiger partial charge in [-0.2, -0.15) is 0 Å². The van der Waals surface area contributed by atoms with Gasteiger partial charge < -0.3 is 9.47 Å². The summed E-state index contributed by atoms with van der Waals surface area (Å²) in [5.74, 6) is 0.418. The molecule has 0 aliphatic heterocycles. The molecule has 0 bridgehead atoms. The van der Waals surface area contributed by atoms with Crippen molar-refractivity contribution in [3.8, 4) is 0 Å². The molecule has 0 N–H and O–H groups in total. The van der Waals surface area contributed by atoms with Crippen molar-refractivity contribution in [1.29, 1.82) is 0 Å². The smallest absolute Gasteiger partial charge is 0.250 e. The van der Waals surface area contributed by atoms with Crippen LogP contribution in [0.5, 0.6) is 0 Å². The lowest BCUT2D eigenvalue weighted by molar-refractivity contribution is 0.381. The van der Waals surface area contributed by atoms with Crippen molar-refractivity contribution < 1.29 is 0 Å². The van der Waals surface area contributed by atoms with Crippen LogP contribution in [0, 0.1) is 0 Å². The zero-order valence-electron chi connectivity index (χ0n) is 12.0. The summed E-state index contributed by atoms with van der Waals surface area (Å²) < 4.78 is 1.76. The molecular weight excluding hydrogens is 212 g/mol. The monoisotopic (exact) mass is 238 g/mol. The van der Waals surface area contributed by atoms with Crippen LogP contribution in [0.25, 0.3) is 0 Å². The summed E-state index contributed by atoms with van der Waals surface area (Å²) in [4.78, 5) is 13.8. The van der Waals surface area contributed by atoms with Gasteiger partial charge in [-0.25, -0.2) is 0 Å². The summed E-state index contributed by atoms with van der Waals surface area (Å²) in [6.45, 7) is 9.84. The average molecular weight is 238 g/mol. The van der Waals surface area contributed by atoms with Gasteiger partial charge >= 0.3 is 0 Å². The summed E-state index contributed by atoms with van der Waals surface area (Å²) in [5.41, 5.74) is 1.21. The molecular formula is C14H26N2O. The van der Waals surface area contributed by atoms with E-state index in [2.05, 4.69) is 18.7 Å². The van der Waals surface area contributed by atoms with E-state index in [0.29, 0.717) is 5.92 Å². The molecule has 98 valence electrons. The van der Waals surface area contributed by atoms with Crippen molar-refractivity contribution in [2.45, 2.75) is 40.2 Å². The Morgan fingerprint density at radius 2 is 1.88 bits per heavy atom. The molecule has 0 aromatic carbocycles. The Kier molecular flexibility index (Phi) is 7.55. The van der Waals surface area contributed by atoms with Gasteiger partial charge in [0.1, 0.15) is 0 Å². The van der Waals surface area contributed by atoms with Crippen molar-refractivity contribution in [3.05, 3.63) is 34.2 Å². The lowest BCUT2D eigenvalue weighted by atomic mass is 10.1. The highest BCUT2D eigenvalue weighted by Gasteiger charge is 2.02. The number of aromatic nitrogens is 1. The third kappa shape index (κ3) is 5.68. The first kappa shape index (κ1) is 15.9. The van der Waals surface area contributed by atoms with Gasteiger partial charge in [0.2, 0.25) is 0 Å². The van der Waals surface area contributed by atoms with E-state index in [1.165, 1.54) is 0 Å². The third-order valence-corrected chi connectivity index (χ3v) is 2.47. The molecule has 1 aromatic heterocycles. The molecule has 0 radical (unpaired) electrons. The molecule has 0 aliphatic carbocycles. The second-order valence-electron chi connectivity index (χ2n) is 4.45. The van der Waals surface area contributed by atoms with Gasteiger partial charge in [0, 0.05) is 25.4 Å². The lowest BCUT2D eigenvalue weighted by Crippen LogP contribution is -2.26. The summed E-state index contributed by atoms with van der Waals surface area (Å²) in [7, 11) is 4.01. The number of nitrogens with zero attached hydrogens (tertiary/aromatic N) is 2. The predicted molar refractivity (Wildman–Crippen MR) is 74.7 cm³/mol. The summed E-state index contributed by atoms with van der Waals surface area (Å²) >= 11 is 0. The minimum atomic E-state index is 0.100. The Hall–Kier alpha value is -1.09. The third-order valence-electron chi connectivity index (χ3n) is 2.47. The fourth-order valence-electron chi connectivity index (χ4n) is 1.37. The minimum absolute atomic E-state index is 0.100. The second-order valence-corrected chi connectivity index (χ2v) is 4.45. The average Bonchev–Trinajstić information content (AvgIpc) is 2.29. The normalized spacial score (nSPS) is 10.4. The first-order valence-corrected chi connectivity index (χ1v) is 6.36. The number of hydrogen-bond acceptors (Lipinski definition) is 2. The van der Waals surface area contributed by atoms with Crippen LogP contribution in [-0.4, -0.2) is 30.1 Å². The molecule has 0 atom stereocenters. The summed E-state index contributed by atoms with van der Waals surface area (Å²) in [6, 6.07) is 3.77. The molecule has 1 aromatic rings. The first-order chi connectivity index (χ1) is 8.00. The van der Waals surface area contributed by atoms with Gasteiger partial charge in [-0.1, -0.05) is 27.7 Å². The van der Waals surface area contributed by atoms with E-state index in [0.717, 1.165) is 18.7 Å². The molecule has 0 saturated carbocycles. The van der Waals surface area contributed by atoms with Crippen LogP contribution < -0.4 is 5.56 Å². The van der Waals surface area contributed by atoms with Crippen LogP contribution >= 0.6 is 0 Å². The summed E-state index contributed by atoms with van der Waals surface area (Å²) in [5, 5.41) is 0. The van der Waals surface area contributed by atoms with E-state index in [9.17, 15) is 4.79 Å². The number of hydrogen-bond donors (Lipinski definition) is 0. The fraction of sp³-hybridized carbons (Fsp3) is 0.643. The molecule has 0 fully saturated rings. The Labute approximate surface area is 105 Å². The van der Waals surface area contributed by atoms with E-state index in [1.807, 2.05) is 40.2 Å². The van der Waals surface area contributed by atoms with Crippen molar-refractivity contribution in [3.63, 3.8) is 0 Å². The second kappa shape index (κ2) is 8.07. The van der Waals surface area contributed by atoms with Gasteiger partial charge in [0.05, 0.1) is 0 Å². The van der Waals surface area contributed by atoms with Crippen LogP contribution in [0.2, 0.25) is 0 Å². The molecule has 0 spiro atoms.